The Morgan fingerprint density at radius 3 is 3.11 bits per heavy atom. The third-order valence-corrected chi connectivity index (χ3v) is 4.10. The highest BCUT2D eigenvalue weighted by molar-refractivity contribution is 8.00. The van der Waals surface area contributed by atoms with Crippen LogP contribution in [0.5, 0.6) is 0 Å². The van der Waals surface area contributed by atoms with Crippen LogP contribution in [-0.2, 0) is 11.3 Å². The molecule has 4 nitrogen and oxygen atoms in total. The van der Waals surface area contributed by atoms with E-state index in [0.717, 1.165) is 11.3 Å². The predicted molar refractivity (Wildman–Crippen MR) is 68.7 cm³/mol. The van der Waals surface area contributed by atoms with Gasteiger partial charge in [0, 0.05) is 18.0 Å². The van der Waals surface area contributed by atoms with Crippen LogP contribution >= 0.6 is 11.8 Å². The number of hydrogen-bond acceptors (Lipinski definition) is 4. The second-order valence-electron chi connectivity index (χ2n) is 4.05. The average Bonchev–Trinajstić information content (AvgIpc) is 3.03. The quantitative estimate of drug-likeness (QED) is 0.850. The van der Waals surface area contributed by atoms with Crippen LogP contribution in [0.3, 0.4) is 0 Å². The van der Waals surface area contributed by atoms with Crippen LogP contribution in [-0.4, -0.2) is 21.5 Å². The molecule has 1 amide bonds. The standard InChI is InChI=1S/C13H12N2O2S/c16-12-9-18-13(10-3-1-5-14-7-10)15(12)8-11-4-2-6-17-11/h1-7,13H,8-9H2. The van der Waals surface area contributed by atoms with Gasteiger partial charge < -0.3 is 9.32 Å². The van der Waals surface area contributed by atoms with Crippen molar-refractivity contribution in [3.05, 3.63) is 54.2 Å². The van der Waals surface area contributed by atoms with Gasteiger partial charge in [0.25, 0.3) is 0 Å². The molecule has 1 aliphatic rings. The molecule has 92 valence electrons. The molecule has 2 aromatic heterocycles. The van der Waals surface area contributed by atoms with Crippen LogP contribution in [0.15, 0.2) is 47.3 Å². The highest BCUT2D eigenvalue weighted by Gasteiger charge is 2.33. The molecule has 1 fully saturated rings. The minimum Gasteiger partial charge on any atom is -0.467 e. The van der Waals surface area contributed by atoms with E-state index in [0.29, 0.717) is 12.3 Å². The minimum absolute atomic E-state index is 0.0382. The van der Waals surface area contributed by atoms with Crippen LogP contribution < -0.4 is 0 Å². The number of furan rings is 1. The van der Waals surface area contributed by atoms with Gasteiger partial charge in [0.1, 0.15) is 11.1 Å². The van der Waals surface area contributed by atoms with Gasteiger partial charge in [0.05, 0.1) is 18.6 Å². The number of amides is 1. The fourth-order valence-corrected chi connectivity index (χ4v) is 3.16. The maximum Gasteiger partial charge on any atom is 0.234 e. The number of nitrogens with zero attached hydrogens (tertiary/aromatic N) is 2. The van der Waals surface area contributed by atoms with E-state index in [4.69, 9.17) is 4.42 Å². The van der Waals surface area contributed by atoms with Crippen LogP contribution in [0.25, 0.3) is 0 Å². The molecule has 18 heavy (non-hydrogen) atoms. The van der Waals surface area contributed by atoms with Crippen molar-refractivity contribution in [2.75, 3.05) is 5.75 Å². The van der Waals surface area contributed by atoms with Crippen molar-refractivity contribution in [2.24, 2.45) is 0 Å². The Kier molecular flexibility index (Phi) is 3.06. The van der Waals surface area contributed by atoms with E-state index in [1.807, 2.05) is 35.4 Å². The van der Waals surface area contributed by atoms with Gasteiger partial charge in [-0.15, -0.1) is 11.8 Å². The minimum atomic E-state index is 0.0382. The summed E-state index contributed by atoms with van der Waals surface area (Å²) in [6.45, 7) is 0.512. The highest BCUT2D eigenvalue weighted by Crippen LogP contribution is 2.39. The molecular weight excluding hydrogens is 248 g/mol. The van der Waals surface area contributed by atoms with Crippen molar-refractivity contribution in [3.63, 3.8) is 0 Å². The van der Waals surface area contributed by atoms with E-state index >= 15 is 0 Å². The van der Waals surface area contributed by atoms with Crippen molar-refractivity contribution in [1.82, 2.24) is 9.88 Å². The lowest BCUT2D eigenvalue weighted by Gasteiger charge is -2.22. The lowest BCUT2D eigenvalue weighted by atomic mass is 10.2. The first-order valence-electron chi connectivity index (χ1n) is 5.68. The van der Waals surface area contributed by atoms with Gasteiger partial charge in [-0.25, -0.2) is 0 Å². The fraction of sp³-hybridized carbons (Fsp3) is 0.231. The van der Waals surface area contributed by atoms with E-state index in [1.165, 1.54) is 0 Å². The van der Waals surface area contributed by atoms with Crippen molar-refractivity contribution >= 4 is 17.7 Å². The van der Waals surface area contributed by atoms with E-state index in [1.54, 1.807) is 24.2 Å². The molecule has 0 aromatic carbocycles. The topological polar surface area (TPSA) is 46.3 Å². The monoisotopic (exact) mass is 260 g/mol. The molecule has 0 radical (unpaired) electrons. The second kappa shape index (κ2) is 4.86. The van der Waals surface area contributed by atoms with Gasteiger partial charge in [-0.3, -0.25) is 9.78 Å². The molecule has 0 aliphatic carbocycles. The third-order valence-electron chi connectivity index (χ3n) is 2.84. The molecule has 0 saturated carbocycles. The number of pyridine rings is 1. The number of carbonyl (C=O) groups is 1. The Morgan fingerprint density at radius 2 is 2.39 bits per heavy atom. The van der Waals surface area contributed by atoms with Crippen LogP contribution in [0.1, 0.15) is 16.7 Å². The molecule has 1 unspecified atom stereocenters. The summed E-state index contributed by atoms with van der Waals surface area (Å²) in [5, 5.41) is 0.0382. The first-order chi connectivity index (χ1) is 8.84. The molecule has 5 heteroatoms. The van der Waals surface area contributed by atoms with Crippen molar-refractivity contribution < 1.29 is 9.21 Å². The van der Waals surface area contributed by atoms with Gasteiger partial charge >= 0.3 is 0 Å². The summed E-state index contributed by atoms with van der Waals surface area (Å²) >= 11 is 1.63. The Labute approximate surface area is 109 Å². The number of aromatic nitrogens is 1. The zero-order valence-corrected chi connectivity index (χ0v) is 10.5. The molecule has 3 heterocycles. The summed E-state index contributed by atoms with van der Waals surface area (Å²) in [6, 6.07) is 7.61. The Bertz CT molecular complexity index is 527. The molecule has 1 saturated heterocycles. The summed E-state index contributed by atoms with van der Waals surface area (Å²) in [6.07, 6.45) is 5.18. The first kappa shape index (κ1) is 11.3. The predicted octanol–water partition coefficient (Wildman–Crippen LogP) is 2.45. The second-order valence-corrected chi connectivity index (χ2v) is 5.12. The van der Waals surface area contributed by atoms with Gasteiger partial charge in [0.15, 0.2) is 0 Å². The molecular formula is C13H12N2O2S. The number of thioether (sulfide) groups is 1. The Morgan fingerprint density at radius 1 is 1.44 bits per heavy atom. The zero-order valence-electron chi connectivity index (χ0n) is 9.65. The molecule has 0 bridgehead atoms. The van der Waals surface area contributed by atoms with Crippen LogP contribution in [0.2, 0.25) is 0 Å². The lowest BCUT2D eigenvalue weighted by Crippen LogP contribution is -2.27. The average molecular weight is 260 g/mol. The van der Waals surface area contributed by atoms with E-state index < -0.39 is 0 Å². The first-order valence-corrected chi connectivity index (χ1v) is 6.73. The third kappa shape index (κ3) is 2.13. The summed E-state index contributed by atoms with van der Waals surface area (Å²) in [5.41, 5.74) is 1.06. The maximum atomic E-state index is 11.9. The number of carbonyl (C=O) groups excluding carboxylic acids is 1. The molecule has 3 rings (SSSR count). The molecule has 1 aliphatic heterocycles. The molecule has 0 N–H and O–H groups in total. The normalized spacial score (nSPS) is 19.4. The van der Waals surface area contributed by atoms with E-state index in [-0.39, 0.29) is 11.3 Å². The van der Waals surface area contributed by atoms with Crippen LogP contribution in [0.4, 0.5) is 0 Å². The van der Waals surface area contributed by atoms with Gasteiger partial charge in [0.2, 0.25) is 5.91 Å². The van der Waals surface area contributed by atoms with E-state index in [2.05, 4.69) is 4.98 Å². The largest absolute Gasteiger partial charge is 0.467 e. The van der Waals surface area contributed by atoms with E-state index in [9.17, 15) is 4.79 Å². The summed E-state index contributed by atoms with van der Waals surface area (Å²) in [4.78, 5) is 17.9. The summed E-state index contributed by atoms with van der Waals surface area (Å²) in [7, 11) is 0. The highest BCUT2D eigenvalue weighted by atomic mass is 32.2. The smallest absolute Gasteiger partial charge is 0.234 e. The summed E-state index contributed by atoms with van der Waals surface area (Å²) < 4.78 is 5.31. The lowest BCUT2D eigenvalue weighted by molar-refractivity contribution is -0.128. The number of hydrogen-bond donors (Lipinski definition) is 0. The molecule has 1 atom stereocenters. The van der Waals surface area contributed by atoms with Crippen molar-refractivity contribution in [3.8, 4) is 0 Å². The van der Waals surface area contributed by atoms with Crippen LogP contribution in [0, 0.1) is 0 Å². The SMILES string of the molecule is O=C1CSC(c2cccnc2)N1Cc1ccco1. The van der Waals surface area contributed by atoms with Crippen molar-refractivity contribution in [1.29, 1.82) is 0 Å². The van der Waals surface area contributed by atoms with Gasteiger partial charge in [-0.1, -0.05) is 6.07 Å². The molecule has 0 spiro atoms. The fourth-order valence-electron chi connectivity index (χ4n) is 1.99. The zero-order chi connectivity index (χ0) is 12.4. The Balaban J connectivity index is 1.84. The number of rotatable bonds is 3. The van der Waals surface area contributed by atoms with Crippen molar-refractivity contribution in [2.45, 2.75) is 11.9 Å². The maximum absolute atomic E-state index is 11.9. The van der Waals surface area contributed by atoms with Gasteiger partial charge in [-0.2, -0.15) is 0 Å². The molecule has 2 aromatic rings. The summed E-state index contributed by atoms with van der Waals surface area (Å²) in [5.74, 6) is 1.46. The van der Waals surface area contributed by atoms with Gasteiger partial charge in [-0.05, 0) is 18.2 Å². The Hall–Kier alpha value is -1.75.